The van der Waals surface area contributed by atoms with Crippen molar-refractivity contribution in [2.75, 3.05) is 18.0 Å². The van der Waals surface area contributed by atoms with Crippen LogP contribution in [-0.2, 0) is 0 Å². The third kappa shape index (κ3) is 3.01. The third-order valence-electron chi connectivity index (χ3n) is 3.50. The Morgan fingerprint density at radius 3 is 2.71 bits per heavy atom. The highest BCUT2D eigenvalue weighted by molar-refractivity contribution is 6.30. The van der Waals surface area contributed by atoms with Gasteiger partial charge in [-0.2, -0.15) is 4.98 Å². The number of nitrogens with zero attached hydrogens (tertiary/aromatic N) is 3. The lowest BCUT2D eigenvalue weighted by Gasteiger charge is -2.35. The van der Waals surface area contributed by atoms with E-state index < -0.39 is 0 Å². The second-order valence-corrected chi connectivity index (χ2v) is 5.92. The minimum atomic E-state index is -0.371. The molecule has 2 aromatic rings. The van der Waals surface area contributed by atoms with E-state index in [1.807, 2.05) is 0 Å². The predicted octanol–water partition coefficient (Wildman–Crippen LogP) is 2.45. The van der Waals surface area contributed by atoms with Crippen molar-refractivity contribution in [2.24, 2.45) is 0 Å². The summed E-state index contributed by atoms with van der Waals surface area (Å²) in [6.45, 7) is 5.87. The standard InChI is InChI=1S/C14H17ClFN5/c1-8-6-21(7-9(2)17-8)14-18-13(19-20-14)11-5-10(15)3-4-12(11)16/h3-5,8-9,17H,6-7H2,1-2H3,(H,18,19,20). The molecule has 0 spiro atoms. The van der Waals surface area contributed by atoms with Crippen LogP contribution in [0.15, 0.2) is 18.2 Å². The van der Waals surface area contributed by atoms with Crippen LogP contribution < -0.4 is 10.2 Å². The lowest BCUT2D eigenvalue weighted by Crippen LogP contribution is -2.54. The zero-order valence-corrected chi connectivity index (χ0v) is 12.7. The molecule has 7 heteroatoms. The molecule has 0 amide bonds. The van der Waals surface area contributed by atoms with E-state index in [1.54, 1.807) is 6.07 Å². The third-order valence-corrected chi connectivity index (χ3v) is 3.73. The summed E-state index contributed by atoms with van der Waals surface area (Å²) in [5.74, 6) is 0.609. The van der Waals surface area contributed by atoms with Crippen LogP contribution in [0.4, 0.5) is 10.3 Å². The maximum absolute atomic E-state index is 13.9. The van der Waals surface area contributed by atoms with E-state index in [1.165, 1.54) is 12.1 Å². The van der Waals surface area contributed by atoms with Crippen molar-refractivity contribution in [2.45, 2.75) is 25.9 Å². The van der Waals surface area contributed by atoms with Crippen LogP contribution in [0.25, 0.3) is 11.4 Å². The number of halogens is 2. The fourth-order valence-electron chi connectivity index (χ4n) is 2.68. The Morgan fingerprint density at radius 1 is 1.29 bits per heavy atom. The molecule has 112 valence electrons. The Kier molecular flexibility index (Phi) is 3.82. The second-order valence-electron chi connectivity index (χ2n) is 5.48. The molecule has 1 aliphatic heterocycles. The quantitative estimate of drug-likeness (QED) is 0.894. The highest BCUT2D eigenvalue weighted by Gasteiger charge is 2.24. The lowest BCUT2D eigenvalue weighted by molar-refractivity contribution is 0.403. The minimum absolute atomic E-state index is 0.331. The molecule has 1 fully saturated rings. The van der Waals surface area contributed by atoms with Gasteiger partial charge in [-0.3, -0.25) is 5.10 Å². The van der Waals surface area contributed by atoms with E-state index in [4.69, 9.17) is 11.6 Å². The molecule has 0 aliphatic carbocycles. The van der Waals surface area contributed by atoms with Crippen LogP contribution in [0.5, 0.6) is 0 Å². The van der Waals surface area contributed by atoms with E-state index in [0.29, 0.717) is 34.4 Å². The number of hydrogen-bond donors (Lipinski definition) is 2. The summed E-state index contributed by atoms with van der Waals surface area (Å²) in [5, 5.41) is 10.9. The molecular weight excluding hydrogens is 293 g/mol. The topological polar surface area (TPSA) is 56.8 Å². The summed E-state index contributed by atoms with van der Waals surface area (Å²) in [4.78, 5) is 6.50. The van der Waals surface area contributed by atoms with Crippen molar-refractivity contribution in [3.63, 3.8) is 0 Å². The number of nitrogens with one attached hydrogen (secondary N) is 2. The van der Waals surface area contributed by atoms with Crippen molar-refractivity contribution in [1.82, 2.24) is 20.5 Å². The number of rotatable bonds is 2. The summed E-state index contributed by atoms with van der Waals surface area (Å²) in [5.41, 5.74) is 0.331. The van der Waals surface area contributed by atoms with E-state index in [-0.39, 0.29) is 5.82 Å². The van der Waals surface area contributed by atoms with Crippen molar-refractivity contribution >= 4 is 17.5 Å². The number of aromatic nitrogens is 3. The molecule has 3 rings (SSSR count). The summed E-state index contributed by atoms with van der Waals surface area (Å²) in [6.07, 6.45) is 0. The SMILES string of the molecule is CC1CN(c2n[nH]c(-c3cc(Cl)ccc3F)n2)CC(C)N1. The van der Waals surface area contributed by atoms with Crippen molar-refractivity contribution in [3.8, 4) is 11.4 Å². The van der Waals surface area contributed by atoms with E-state index >= 15 is 0 Å². The Labute approximate surface area is 127 Å². The van der Waals surface area contributed by atoms with E-state index in [9.17, 15) is 4.39 Å². The van der Waals surface area contributed by atoms with Gasteiger partial charge in [0.25, 0.3) is 0 Å². The summed E-state index contributed by atoms with van der Waals surface area (Å²) in [6, 6.07) is 5.10. The smallest absolute Gasteiger partial charge is 0.245 e. The maximum Gasteiger partial charge on any atom is 0.245 e. The monoisotopic (exact) mass is 309 g/mol. The molecule has 1 saturated heterocycles. The largest absolute Gasteiger partial charge is 0.336 e. The van der Waals surface area contributed by atoms with Crippen LogP contribution >= 0.6 is 11.6 Å². The van der Waals surface area contributed by atoms with Gasteiger partial charge in [0.05, 0.1) is 5.56 Å². The zero-order valence-electron chi connectivity index (χ0n) is 11.9. The first-order valence-corrected chi connectivity index (χ1v) is 7.29. The molecule has 0 bridgehead atoms. The summed E-state index contributed by atoms with van der Waals surface area (Å²) >= 11 is 5.91. The predicted molar refractivity (Wildman–Crippen MR) is 81.1 cm³/mol. The van der Waals surface area contributed by atoms with Crippen LogP contribution in [-0.4, -0.2) is 40.4 Å². The van der Waals surface area contributed by atoms with Gasteiger partial charge in [0.1, 0.15) is 5.82 Å². The van der Waals surface area contributed by atoms with Crippen LogP contribution in [0.1, 0.15) is 13.8 Å². The van der Waals surface area contributed by atoms with Gasteiger partial charge in [0.15, 0.2) is 5.82 Å². The van der Waals surface area contributed by atoms with E-state index in [2.05, 4.69) is 39.2 Å². The Hall–Kier alpha value is -1.66. The van der Waals surface area contributed by atoms with Crippen molar-refractivity contribution in [3.05, 3.63) is 29.0 Å². The van der Waals surface area contributed by atoms with Gasteiger partial charge < -0.3 is 10.2 Å². The molecule has 1 aromatic carbocycles. The molecule has 1 aromatic heterocycles. The maximum atomic E-state index is 13.9. The van der Waals surface area contributed by atoms with Gasteiger partial charge in [-0.1, -0.05) is 11.6 Å². The average Bonchev–Trinajstić information content (AvgIpc) is 2.90. The van der Waals surface area contributed by atoms with Crippen LogP contribution in [0.3, 0.4) is 0 Å². The fraction of sp³-hybridized carbons (Fsp3) is 0.429. The first-order valence-electron chi connectivity index (χ1n) is 6.92. The summed E-state index contributed by atoms with van der Waals surface area (Å²) < 4.78 is 13.9. The molecule has 5 nitrogen and oxygen atoms in total. The van der Waals surface area contributed by atoms with Gasteiger partial charge >= 0.3 is 0 Å². The average molecular weight is 310 g/mol. The molecule has 2 heterocycles. The van der Waals surface area contributed by atoms with Crippen LogP contribution in [0.2, 0.25) is 5.02 Å². The molecule has 2 N–H and O–H groups in total. The van der Waals surface area contributed by atoms with Crippen molar-refractivity contribution < 1.29 is 4.39 Å². The van der Waals surface area contributed by atoms with Crippen molar-refractivity contribution in [1.29, 1.82) is 0 Å². The van der Waals surface area contributed by atoms with Gasteiger partial charge in [-0.05, 0) is 32.0 Å². The number of benzene rings is 1. The molecular formula is C14H17ClFN5. The Bertz CT molecular complexity index is 634. The first-order chi connectivity index (χ1) is 10.0. The normalized spacial score (nSPS) is 22.6. The van der Waals surface area contributed by atoms with Gasteiger partial charge in [-0.25, -0.2) is 4.39 Å². The van der Waals surface area contributed by atoms with Gasteiger partial charge in [0.2, 0.25) is 5.95 Å². The number of anilines is 1. The summed E-state index contributed by atoms with van der Waals surface area (Å²) in [7, 11) is 0. The number of H-pyrrole nitrogens is 1. The number of aromatic amines is 1. The molecule has 0 saturated carbocycles. The van der Waals surface area contributed by atoms with Gasteiger partial charge in [-0.15, -0.1) is 5.10 Å². The fourth-order valence-corrected chi connectivity index (χ4v) is 2.86. The molecule has 2 unspecified atom stereocenters. The molecule has 21 heavy (non-hydrogen) atoms. The van der Waals surface area contributed by atoms with Crippen LogP contribution in [0, 0.1) is 5.82 Å². The highest BCUT2D eigenvalue weighted by Crippen LogP contribution is 2.24. The van der Waals surface area contributed by atoms with E-state index in [0.717, 1.165) is 13.1 Å². The Morgan fingerprint density at radius 2 is 2.00 bits per heavy atom. The number of piperazine rings is 1. The second kappa shape index (κ2) is 5.61. The first kappa shape index (κ1) is 14.3. The molecule has 2 atom stereocenters. The molecule has 0 radical (unpaired) electrons. The molecule has 1 aliphatic rings. The highest BCUT2D eigenvalue weighted by atomic mass is 35.5. The lowest BCUT2D eigenvalue weighted by atomic mass is 10.1. The Balaban J connectivity index is 1.88. The minimum Gasteiger partial charge on any atom is -0.336 e. The number of hydrogen-bond acceptors (Lipinski definition) is 4. The van der Waals surface area contributed by atoms with Gasteiger partial charge in [0, 0.05) is 30.2 Å². The zero-order chi connectivity index (χ0) is 15.0.